The number of nitrogens with zero attached hydrogens (tertiary/aromatic N) is 1. The number of nitrogens with one attached hydrogen (secondary N) is 1. The molecule has 7 heteroatoms. The second-order valence-corrected chi connectivity index (χ2v) is 6.44. The summed E-state index contributed by atoms with van der Waals surface area (Å²) in [6.07, 6.45) is 1.50. The largest absolute Gasteiger partial charge is 0.489 e. The van der Waals surface area contributed by atoms with Gasteiger partial charge in [0.1, 0.15) is 17.1 Å². The first-order valence-electron chi connectivity index (χ1n) is 7.99. The molecule has 0 fully saturated rings. The van der Waals surface area contributed by atoms with E-state index in [2.05, 4.69) is 10.3 Å². The molecule has 134 valence electrons. The monoisotopic (exact) mass is 382 g/mol. The number of halogens is 2. The maximum Gasteiger partial charge on any atom is 0.343 e. The number of aromatic nitrogens is 1. The van der Waals surface area contributed by atoms with Crippen LogP contribution in [0, 0.1) is 6.92 Å². The van der Waals surface area contributed by atoms with E-state index >= 15 is 0 Å². The molecule has 0 saturated carbocycles. The van der Waals surface area contributed by atoms with Gasteiger partial charge in [-0.1, -0.05) is 37.0 Å². The van der Waals surface area contributed by atoms with Crippen molar-refractivity contribution in [3.8, 4) is 5.75 Å². The Kier molecular flexibility index (Phi) is 6.51. The van der Waals surface area contributed by atoms with Crippen LogP contribution in [-0.2, 0) is 0 Å². The molecular formula is C18H20Cl2N2O3. The number of rotatable bonds is 7. The lowest BCUT2D eigenvalue weighted by Gasteiger charge is -2.20. The van der Waals surface area contributed by atoms with Crippen molar-refractivity contribution >= 4 is 40.7 Å². The van der Waals surface area contributed by atoms with E-state index in [9.17, 15) is 9.90 Å². The summed E-state index contributed by atoms with van der Waals surface area (Å²) < 4.78 is 5.90. The molecule has 2 N–H and O–H groups in total. The molecule has 2 rings (SSSR count). The van der Waals surface area contributed by atoms with Gasteiger partial charge in [-0.15, -0.1) is 0 Å². The van der Waals surface area contributed by atoms with Gasteiger partial charge < -0.3 is 15.2 Å². The number of pyridine rings is 1. The average molecular weight is 383 g/mol. The number of aryl methyl sites for hydroxylation is 1. The van der Waals surface area contributed by atoms with E-state index in [-0.39, 0.29) is 17.5 Å². The molecule has 0 radical (unpaired) electrons. The van der Waals surface area contributed by atoms with Crippen LogP contribution in [0.25, 0.3) is 0 Å². The highest BCUT2D eigenvalue weighted by Gasteiger charge is 2.22. The molecule has 0 amide bonds. The first-order chi connectivity index (χ1) is 11.8. The summed E-state index contributed by atoms with van der Waals surface area (Å²) in [6.45, 7) is 5.77. The highest BCUT2D eigenvalue weighted by molar-refractivity contribution is 6.36. The molecule has 1 heterocycles. The minimum atomic E-state index is -1.12. The van der Waals surface area contributed by atoms with E-state index < -0.39 is 5.97 Å². The molecule has 0 aliphatic carbocycles. The van der Waals surface area contributed by atoms with Crippen molar-refractivity contribution in [1.82, 2.24) is 4.98 Å². The quantitative estimate of drug-likeness (QED) is 0.641. The van der Waals surface area contributed by atoms with Gasteiger partial charge in [0.15, 0.2) is 0 Å². The Morgan fingerprint density at radius 3 is 2.52 bits per heavy atom. The van der Waals surface area contributed by atoms with Crippen molar-refractivity contribution in [3.05, 3.63) is 45.6 Å². The summed E-state index contributed by atoms with van der Waals surface area (Å²) in [4.78, 5) is 16.1. The van der Waals surface area contributed by atoms with Crippen LogP contribution in [0.1, 0.15) is 42.7 Å². The molecule has 0 aliphatic heterocycles. The van der Waals surface area contributed by atoms with Crippen molar-refractivity contribution in [2.75, 3.05) is 5.32 Å². The van der Waals surface area contributed by atoms with Crippen LogP contribution < -0.4 is 10.1 Å². The number of hydrogen-bond donors (Lipinski definition) is 2. The second kappa shape index (κ2) is 8.41. The van der Waals surface area contributed by atoms with Crippen molar-refractivity contribution in [3.63, 3.8) is 0 Å². The fourth-order valence-corrected chi connectivity index (χ4v) is 2.84. The zero-order valence-electron chi connectivity index (χ0n) is 14.3. The summed E-state index contributed by atoms with van der Waals surface area (Å²) in [7, 11) is 0. The Morgan fingerprint density at radius 2 is 1.96 bits per heavy atom. The summed E-state index contributed by atoms with van der Waals surface area (Å²) in [6, 6.07) is 6.54. The Labute approximate surface area is 156 Å². The number of carboxylic acids is 1. The van der Waals surface area contributed by atoms with Gasteiger partial charge in [-0.05, 0) is 38.0 Å². The van der Waals surface area contributed by atoms with E-state index in [1.165, 1.54) is 0 Å². The van der Waals surface area contributed by atoms with E-state index in [0.29, 0.717) is 27.2 Å². The molecule has 0 spiro atoms. The lowest BCUT2D eigenvalue weighted by atomic mass is 10.1. The standard InChI is InChI=1S/C18H20Cl2N2O3/c1-4-12(5-2)25-15-8-10(3)21-17(16(15)18(23)24)22-14-7-6-11(19)9-13(14)20/h6-9,12H,4-5H2,1-3H3,(H,21,22)(H,23,24). The summed E-state index contributed by atoms with van der Waals surface area (Å²) in [5.74, 6) is -0.653. The van der Waals surface area contributed by atoms with Crippen LogP contribution in [0.4, 0.5) is 11.5 Å². The third kappa shape index (κ3) is 4.77. The zero-order chi connectivity index (χ0) is 18.6. The number of aromatic carboxylic acids is 1. The van der Waals surface area contributed by atoms with E-state index in [1.54, 1.807) is 31.2 Å². The molecule has 0 bridgehead atoms. The molecule has 5 nitrogen and oxygen atoms in total. The lowest BCUT2D eigenvalue weighted by Crippen LogP contribution is -2.17. The molecule has 0 saturated heterocycles. The first-order valence-corrected chi connectivity index (χ1v) is 8.74. The number of carboxylic acid groups (broad SMARTS) is 1. The molecule has 1 aromatic carbocycles. The van der Waals surface area contributed by atoms with Crippen LogP contribution in [0.2, 0.25) is 10.0 Å². The summed E-state index contributed by atoms with van der Waals surface area (Å²) >= 11 is 12.1. The minimum Gasteiger partial charge on any atom is -0.489 e. The SMILES string of the molecule is CCC(CC)Oc1cc(C)nc(Nc2ccc(Cl)cc2Cl)c1C(=O)O. The highest BCUT2D eigenvalue weighted by Crippen LogP contribution is 2.33. The maximum absolute atomic E-state index is 11.8. The van der Waals surface area contributed by atoms with Crippen LogP contribution in [-0.4, -0.2) is 22.2 Å². The minimum absolute atomic E-state index is 0.0245. The van der Waals surface area contributed by atoms with Gasteiger partial charge in [-0.3, -0.25) is 0 Å². The third-order valence-corrected chi connectivity index (χ3v) is 4.26. The normalized spacial score (nSPS) is 10.8. The molecular weight excluding hydrogens is 363 g/mol. The molecule has 1 aromatic heterocycles. The van der Waals surface area contributed by atoms with Gasteiger partial charge in [0.2, 0.25) is 0 Å². The Balaban J connectivity index is 2.49. The number of benzene rings is 1. The number of anilines is 2. The number of hydrogen-bond acceptors (Lipinski definition) is 4. The van der Waals surface area contributed by atoms with E-state index in [4.69, 9.17) is 27.9 Å². The number of ether oxygens (including phenoxy) is 1. The van der Waals surface area contributed by atoms with Crippen molar-refractivity contribution in [2.24, 2.45) is 0 Å². The highest BCUT2D eigenvalue weighted by atomic mass is 35.5. The summed E-state index contributed by atoms with van der Waals surface area (Å²) in [5.41, 5.74) is 1.13. The lowest BCUT2D eigenvalue weighted by molar-refractivity contribution is 0.0689. The molecule has 0 unspecified atom stereocenters. The Bertz CT molecular complexity index is 777. The van der Waals surface area contributed by atoms with Gasteiger partial charge in [0, 0.05) is 16.8 Å². The maximum atomic E-state index is 11.8. The fraction of sp³-hybridized carbons (Fsp3) is 0.333. The fourth-order valence-electron chi connectivity index (χ4n) is 2.39. The second-order valence-electron chi connectivity index (χ2n) is 5.60. The predicted molar refractivity (Wildman–Crippen MR) is 101 cm³/mol. The molecule has 0 aliphatic rings. The van der Waals surface area contributed by atoms with Crippen LogP contribution in [0.5, 0.6) is 5.75 Å². The van der Waals surface area contributed by atoms with Crippen LogP contribution in [0.3, 0.4) is 0 Å². The van der Waals surface area contributed by atoms with E-state index in [1.807, 2.05) is 13.8 Å². The van der Waals surface area contributed by atoms with E-state index in [0.717, 1.165) is 12.8 Å². The van der Waals surface area contributed by atoms with Gasteiger partial charge in [0.05, 0.1) is 16.8 Å². The first kappa shape index (κ1) is 19.3. The van der Waals surface area contributed by atoms with Gasteiger partial charge in [0.25, 0.3) is 0 Å². The van der Waals surface area contributed by atoms with Gasteiger partial charge in [-0.25, -0.2) is 9.78 Å². The van der Waals surface area contributed by atoms with Crippen molar-refractivity contribution in [2.45, 2.75) is 39.7 Å². The molecule has 0 atom stereocenters. The smallest absolute Gasteiger partial charge is 0.343 e. The van der Waals surface area contributed by atoms with Gasteiger partial charge >= 0.3 is 5.97 Å². The van der Waals surface area contributed by atoms with Crippen LogP contribution >= 0.6 is 23.2 Å². The summed E-state index contributed by atoms with van der Waals surface area (Å²) in [5, 5.41) is 13.5. The third-order valence-electron chi connectivity index (χ3n) is 3.71. The topological polar surface area (TPSA) is 71.5 Å². The predicted octanol–water partition coefficient (Wildman–Crippen LogP) is 5.71. The van der Waals surface area contributed by atoms with Gasteiger partial charge in [-0.2, -0.15) is 0 Å². The Hall–Kier alpha value is -1.98. The van der Waals surface area contributed by atoms with Crippen molar-refractivity contribution < 1.29 is 14.6 Å². The Morgan fingerprint density at radius 1 is 1.28 bits per heavy atom. The molecule has 25 heavy (non-hydrogen) atoms. The number of carbonyl (C=O) groups is 1. The molecule has 2 aromatic rings. The van der Waals surface area contributed by atoms with Crippen molar-refractivity contribution in [1.29, 1.82) is 0 Å². The average Bonchev–Trinajstić information content (AvgIpc) is 2.54. The zero-order valence-corrected chi connectivity index (χ0v) is 15.8. The van der Waals surface area contributed by atoms with Crippen LogP contribution in [0.15, 0.2) is 24.3 Å².